The van der Waals surface area contributed by atoms with Crippen molar-refractivity contribution in [3.05, 3.63) is 29.8 Å². The molecule has 0 saturated carbocycles. The Labute approximate surface area is 111 Å². The number of hydrogen-bond acceptors (Lipinski definition) is 4. The smallest absolute Gasteiger partial charge is 0.305 e. The Morgan fingerprint density at radius 2 is 2.47 bits per heavy atom. The quantitative estimate of drug-likeness (QED) is 0.895. The van der Waals surface area contributed by atoms with Crippen molar-refractivity contribution in [1.29, 1.82) is 0 Å². The van der Waals surface area contributed by atoms with E-state index >= 15 is 0 Å². The van der Waals surface area contributed by atoms with Gasteiger partial charge in [0.15, 0.2) is 0 Å². The molecule has 2 unspecified atom stereocenters. The molecule has 0 radical (unpaired) electrons. The Hall–Kier alpha value is -1.53. The molecule has 104 valence electrons. The van der Waals surface area contributed by atoms with Crippen LogP contribution in [0.15, 0.2) is 18.5 Å². The molecule has 0 spiro atoms. The zero-order chi connectivity index (χ0) is 13.8. The van der Waals surface area contributed by atoms with Gasteiger partial charge in [-0.2, -0.15) is 0 Å². The van der Waals surface area contributed by atoms with Crippen LogP contribution in [0, 0.1) is 5.82 Å². The monoisotopic (exact) mass is 268 g/mol. The van der Waals surface area contributed by atoms with Gasteiger partial charge in [0.1, 0.15) is 5.82 Å². The van der Waals surface area contributed by atoms with E-state index in [4.69, 9.17) is 9.84 Å². The number of aromatic nitrogens is 1. The van der Waals surface area contributed by atoms with Crippen molar-refractivity contribution in [2.24, 2.45) is 0 Å². The molecule has 2 rings (SSSR count). The van der Waals surface area contributed by atoms with Gasteiger partial charge in [0.2, 0.25) is 0 Å². The number of carboxylic acid groups (broad SMARTS) is 1. The number of nitrogens with zero attached hydrogens (tertiary/aromatic N) is 2. The zero-order valence-electron chi connectivity index (χ0n) is 10.8. The van der Waals surface area contributed by atoms with E-state index < -0.39 is 5.97 Å². The number of rotatable bonds is 4. The molecule has 0 bridgehead atoms. The topological polar surface area (TPSA) is 62.7 Å². The second-order valence-corrected chi connectivity index (χ2v) is 4.68. The highest BCUT2D eigenvalue weighted by atomic mass is 19.1. The van der Waals surface area contributed by atoms with E-state index in [1.165, 1.54) is 6.07 Å². The van der Waals surface area contributed by atoms with Gasteiger partial charge in [0.05, 0.1) is 25.8 Å². The Morgan fingerprint density at radius 3 is 3.16 bits per heavy atom. The van der Waals surface area contributed by atoms with Gasteiger partial charge in [-0.15, -0.1) is 0 Å². The fourth-order valence-electron chi connectivity index (χ4n) is 2.40. The summed E-state index contributed by atoms with van der Waals surface area (Å²) < 4.78 is 18.5. The van der Waals surface area contributed by atoms with E-state index in [0.29, 0.717) is 19.8 Å². The van der Waals surface area contributed by atoms with Crippen LogP contribution in [0.5, 0.6) is 0 Å². The summed E-state index contributed by atoms with van der Waals surface area (Å²) in [7, 11) is 0. The first-order valence-corrected chi connectivity index (χ1v) is 6.23. The van der Waals surface area contributed by atoms with Crippen LogP contribution >= 0.6 is 0 Å². The lowest BCUT2D eigenvalue weighted by Crippen LogP contribution is -2.47. The summed E-state index contributed by atoms with van der Waals surface area (Å²) >= 11 is 0. The summed E-state index contributed by atoms with van der Waals surface area (Å²) in [4.78, 5) is 16.7. The number of carboxylic acids is 1. The minimum absolute atomic E-state index is 0.0209. The third kappa shape index (κ3) is 3.48. The molecule has 0 amide bonds. The van der Waals surface area contributed by atoms with Crippen molar-refractivity contribution >= 4 is 5.97 Å². The fourth-order valence-corrected chi connectivity index (χ4v) is 2.40. The van der Waals surface area contributed by atoms with Crippen LogP contribution in [0.1, 0.15) is 24.9 Å². The summed E-state index contributed by atoms with van der Waals surface area (Å²) in [5, 5.41) is 8.93. The molecule has 1 saturated heterocycles. The Bertz CT molecular complexity index is 455. The number of pyridine rings is 1. The van der Waals surface area contributed by atoms with Crippen LogP contribution in [0.3, 0.4) is 0 Å². The highest BCUT2D eigenvalue weighted by Gasteiger charge is 2.29. The van der Waals surface area contributed by atoms with Crippen molar-refractivity contribution in [3.8, 4) is 0 Å². The van der Waals surface area contributed by atoms with Crippen molar-refractivity contribution in [2.45, 2.75) is 25.4 Å². The standard InChI is InChI=1S/C13H17FN2O3/c1-9(10-4-11(14)7-15-6-10)16-2-3-19-8-12(16)5-13(17)18/h4,6-7,9,12H,2-3,5,8H2,1H3,(H,17,18). The molecule has 6 heteroatoms. The number of hydrogen-bond donors (Lipinski definition) is 1. The maximum Gasteiger partial charge on any atom is 0.305 e. The minimum Gasteiger partial charge on any atom is -0.481 e. The predicted molar refractivity (Wildman–Crippen MR) is 66.2 cm³/mol. The lowest BCUT2D eigenvalue weighted by atomic mass is 10.0. The molecule has 0 aromatic carbocycles. The van der Waals surface area contributed by atoms with Gasteiger partial charge in [-0.05, 0) is 18.6 Å². The number of carbonyl (C=O) groups is 1. The minimum atomic E-state index is -0.856. The van der Waals surface area contributed by atoms with Gasteiger partial charge in [0, 0.05) is 24.8 Å². The van der Waals surface area contributed by atoms with Crippen LogP contribution in [0.25, 0.3) is 0 Å². The first-order valence-electron chi connectivity index (χ1n) is 6.23. The van der Waals surface area contributed by atoms with E-state index in [9.17, 15) is 9.18 Å². The van der Waals surface area contributed by atoms with E-state index in [-0.39, 0.29) is 24.3 Å². The molecule has 0 aliphatic carbocycles. The van der Waals surface area contributed by atoms with Crippen molar-refractivity contribution in [2.75, 3.05) is 19.8 Å². The molecule has 19 heavy (non-hydrogen) atoms. The zero-order valence-corrected chi connectivity index (χ0v) is 10.8. The summed E-state index contributed by atoms with van der Waals surface area (Å²) in [5.41, 5.74) is 0.747. The van der Waals surface area contributed by atoms with Gasteiger partial charge in [0.25, 0.3) is 0 Å². The summed E-state index contributed by atoms with van der Waals surface area (Å²) in [6.45, 7) is 3.51. The molecule has 1 aliphatic heterocycles. The van der Waals surface area contributed by atoms with Crippen molar-refractivity contribution < 1.29 is 19.0 Å². The number of morpholine rings is 1. The molecule has 2 atom stereocenters. The summed E-state index contributed by atoms with van der Waals surface area (Å²) in [5.74, 6) is -1.24. The average molecular weight is 268 g/mol. The van der Waals surface area contributed by atoms with Crippen molar-refractivity contribution in [1.82, 2.24) is 9.88 Å². The van der Waals surface area contributed by atoms with Crippen LogP contribution in [0.4, 0.5) is 4.39 Å². The molecule has 5 nitrogen and oxygen atoms in total. The van der Waals surface area contributed by atoms with Gasteiger partial charge in [-0.25, -0.2) is 4.39 Å². The Balaban J connectivity index is 2.14. The third-order valence-corrected chi connectivity index (χ3v) is 3.39. The fraction of sp³-hybridized carbons (Fsp3) is 0.538. The molecule has 1 aliphatic rings. The first kappa shape index (κ1) is 13.9. The third-order valence-electron chi connectivity index (χ3n) is 3.39. The molecule has 1 fully saturated rings. The van der Waals surface area contributed by atoms with Gasteiger partial charge < -0.3 is 9.84 Å². The molecular weight excluding hydrogens is 251 g/mol. The van der Waals surface area contributed by atoms with Crippen LogP contribution in [0.2, 0.25) is 0 Å². The molecule has 1 N–H and O–H groups in total. The van der Waals surface area contributed by atoms with Gasteiger partial charge >= 0.3 is 5.97 Å². The number of aliphatic carboxylic acids is 1. The van der Waals surface area contributed by atoms with E-state index in [1.54, 1.807) is 6.20 Å². The summed E-state index contributed by atoms with van der Waals surface area (Å²) in [6.07, 6.45) is 2.79. The van der Waals surface area contributed by atoms with Gasteiger partial charge in [-0.1, -0.05) is 0 Å². The number of ether oxygens (including phenoxy) is 1. The maximum atomic E-state index is 13.2. The highest BCUT2D eigenvalue weighted by Crippen LogP contribution is 2.25. The van der Waals surface area contributed by atoms with E-state index in [1.807, 2.05) is 11.8 Å². The average Bonchev–Trinajstić information content (AvgIpc) is 2.38. The Kier molecular flexibility index (Phi) is 4.44. The first-order chi connectivity index (χ1) is 9.08. The van der Waals surface area contributed by atoms with E-state index in [2.05, 4.69) is 4.98 Å². The highest BCUT2D eigenvalue weighted by molar-refractivity contribution is 5.67. The number of halogens is 1. The lowest BCUT2D eigenvalue weighted by Gasteiger charge is -2.39. The van der Waals surface area contributed by atoms with Crippen LogP contribution in [-0.2, 0) is 9.53 Å². The van der Waals surface area contributed by atoms with Crippen LogP contribution < -0.4 is 0 Å². The molecular formula is C13H17FN2O3. The second-order valence-electron chi connectivity index (χ2n) is 4.68. The SMILES string of the molecule is CC(c1cncc(F)c1)N1CCOCC1CC(=O)O. The molecule has 1 aromatic rings. The largest absolute Gasteiger partial charge is 0.481 e. The Morgan fingerprint density at radius 1 is 1.68 bits per heavy atom. The lowest BCUT2D eigenvalue weighted by molar-refractivity contribution is -0.140. The maximum absolute atomic E-state index is 13.2. The normalized spacial score (nSPS) is 22.1. The van der Waals surface area contributed by atoms with Crippen molar-refractivity contribution in [3.63, 3.8) is 0 Å². The van der Waals surface area contributed by atoms with Crippen LogP contribution in [-0.4, -0.2) is 46.8 Å². The predicted octanol–water partition coefficient (Wildman–Crippen LogP) is 1.46. The summed E-state index contributed by atoms with van der Waals surface area (Å²) in [6, 6.07) is 1.16. The second kappa shape index (κ2) is 6.08. The van der Waals surface area contributed by atoms with E-state index in [0.717, 1.165) is 11.8 Å². The molecule has 2 heterocycles. The van der Waals surface area contributed by atoms with Gasteiger partial charge in [-0.3, -0.25) is 14.7 Å². The molecule has 1 aromatic heterocycles.